The molecule has 0 unspecified atom stereocenters. The van der Waals surface area contributed by atoms with Gasteiger partial charge in [0.15, 0.2) is 0 Å². The highest BCUT2D eigenvalue weighted by molar-refractivity contribution is 5.91. The van der Waals surface area contributed by atoms with Crippen LogP contribution in [0.5, 0.6) is 0 Å². The SMILES string of the molecule is O=C(/C=C/c1ccccc1)NCc1cccc(C(F)(F)F)c1. The fourth-order valence-electron chi connectivity index (χ4n) is 1.84. The first-order valence-electron chi connectivity index (χ1n) is 6.62. The molecule has 2 aromatic rings. The summed E-state index contributed by atoms with van der Waals surface area (Å²) in [4.78, 5) is 11.7. The fourth-order valence-corrected chi connectivity index (χ4v) is 1.84. The Kier molecular flexibility index (Phi) is 4.99. The van der Waals surface area contributed by atoms with E-state index in [1.54, 1.807) is 6.08 Å². The molecule has 0 aliphatic rings. The van der Waals surface area contributed by atoms with E-state index in [0.717, 1.165) is 17.7 Å². The van der Waals surface area contributed by atoms with Crippen molar-refractivity contribution in [2.24, 2.45) is 0 Å². The van der Waals surface area contributed by atoms with Crippen molar-refractivity contribution in [1.82, 2.24) is 5.32 Å². The Morgan fingerprint density at radius 3 is 2.45 bits per heavy atom. The molecule has 0 bridgehead atoms. The lowest BCUT2D eigenvalue weighted by Crippen LogP contribution is -2.20. The smallest absolute Gasteiger partial charge is 0.348 e. The third kappa shape index (κ3) is 4.77. The standard InChI is InChI=1S/C17H14F3NO/c18-17(19,20)15-8-4-7-14(11-15)12-21-16(22)10-9-13-5-2-1-3-6-13/h1-11H,12H2,(H,21,22)/b10-9+. The molecule has 0 aromatic heterocycles. The minimum atomic E-state index is -4.38. The molecule has 2 nitrogen and oxygen atoms in total. The average molecular weight is 305 g/mol. The third-order valence-electron chi connectivity index (χ3n) is 2.95. The molecule has 1 amide bonds. The molecule has 22 heavy (non-hydrogen) atoms. The number of carbonyl (C=O) groups excluding carboxylic acids is 1. The van der Waals surface area contributed by atoms with E-state index in [0.29, 0.717) is 5.56 Å². The van der Waals surface area contributed by atoms with Gasteiger partial charge in [0.2, 0.25) is 5.91 Å². The van der Waals surface area contributed by atoms with Gasteiger partial charge in [0.1, 0.15) is 0 Å². The molecule has 0 aliphatic carbocycles. The van der Waals surface area contributed by atoms with Crippen molar-refractivity contribution in [1.29, 1.82) is 0 Å². The van der Waals surface area contributed by atoms with Crippen molar-refractivity contribution < 1.29 is 18.0 Å². The van der Waals surface area contributed by atoms with Crippen LogP contribution in [0.1, 0.15) is 16.7 Å². The molecule has 1 N–H and O–H groups in total. The van der Waals surface area contributed by atoms with E-state index in [1.165, 1.54) is 18.2 Å². The van der Waals surface area contributed by atoms with Gasteiger partial charge < -0.3 is 5.32 Å². The van der Waals surface area contributed by atoms with Crippen LogP contribution in [0.4, 0.5) is 13.2 Å². The van der Waals surface area contributed by atoms with Crippen LogP contribution in [0, 0.1) is 0 Å². The quantitative estimate of drug-likeness (QED) is 0.849. The fraction of sp³-hybridized carbons (Fsp3) is 0.118. The summed E-state index contributed by atoms with van der Waals surface area (Å²) >= 11 is 0. The van der Waals surface area contributed by atoms with Crippen LogP contribution in [-0.4, -0.2) is 5.91 Å². The number of nitrogens with one attached hydrogen (secondary N) is 1. The van der Waals surface area contributed by atoms with Gasteiger partial charge in [0.25, 0.3) is 0 Å². The van der Waals surface area contributed by atoms with Crippen LogP contribution in [0.25, 0.3) is 6.08 Å². The van der Waals surface area contributed by atoms with Gasteiger partial charge in [-0.15, -0.1) is 0 Å². The van der Waals surface area contributed by atoms with Crippen molar-refractivity contribution in [3.63, 3.8) is 0 Å². The summed E-state index contributed by atoms with van der Waals surface area (Å²) in [6.07, 6.45) is -1.39. The summed E-state index contributed by atoms with van der Waals surface area (Å²) < 4.78 is 37.7. The van der Waals surface area contributed by atoms with E-state index in [-0.39, 0.29) is 12.5 Å². The maximum atomic E-state index is 12.6. The summed E-state index contributed by atoms with van der Waals surface area (Å²) in [5.74, 6) is -0.360. The maximum Gasteiger partial charge on any atom is 0.416 e. The molecule has 0 aliphatic heterocycles. The van der Waals surface area contributed by atoms with Crippen molar-refractivity contribution in [2.45, 2.75) is 12.7 Å². The van der Waals surface area contributed by atoms with Crippen LogP contribution < -0.4 is 5.32 Å². The van der Waals surface area contributed by atoms with E-state index in [1.807, 2.05) is 30.3 Å². The Morgan fingerprint density at radius 2 is 1.77 bits per heavy atom. The maximum absolute atomic E-state index is 12.6. The predicted molar refractivity (Wildman–Crippen MR) is 78.8 cm³/mol. The second kappa shape index (κ2) is 6.93. The zero-order valence-corrected chi connectivity index (χ0v) is 11.6. The van der Waals surface area contributed by atoms with E-state index in [9.17, 15) is 18.0 Å². The number of alkyl halides is 3. The van der Waals surface area contributed by atoms with E-state index < -0.39 is 11.7 Å². The lowest BCUT2D eigenvalue weighted by Gasteiger charge is -2.08. The lowest BCUT2D eigenvalue weighted by atomic mass is 10.1. The topological polar surface area (TPSA) is 29.1 Å². The number of hydrogen-bond acceptors (Lipinski definition) is 1. The van der Waals surface area contributed by atoms with Gasteiger partial charge in [-0.2, -0.15) is 13.2 Å². The van der Waals surface area contributed by atoms with Gasteiger partial charge in [-0.3, -0.25) is 4.79 Å². The Morgan fingerprint density at radius 1 is 1.05 bits per heavy atom. The number of carbonyl (C=O) groups is 1. The second-order valence-corrected chi connectivity index (χ2v) is 4.66. The van der Waals surface area contributed by atoms with Gasteiger partial charge in [-0.25, -0.2) is 0 Å². The lowest BCUT2D eigenvalue weighted by molar-refractivity contribution is -0.137. The second-order valence-electron chi connectivity index (χ2n) is 4.66. The number of benzene rings is 2. The monoisotopic (exact) mass is 305 g/mol. The van der Waals surface area contributed by atoms with Crippen molar-refractivity contribution in [3.05, 3.63) is 77.4 Å². The molecule has 0 atom stereocenters. The van der Waals surface area contributed by atoms with Crippen LogP contribution in [0.15, 0.2) is 60.7 Å². The molecule has 114 valence electrons. The van der Waals surface area contributed by atoms with Crippen LogP contribution in [0.3, 0.4) is 0 Å². The molecule has 5 heteroatoms. The van der Waals surface area contributed by atoms with Crippen LogP contribution in [0.2, 0.25) is 0 Å². The third-order valence-corrected chi connectivity index (χ3v) is 2.95. The van der Waals surface area contributed by atoms with E-state index in [4.69, 9.17) is 0 Å². The summed E-state index contributed by atoms with van der Waals surface area (Å²) in [5, 5.41) is 2.55. The molecule has 0 fully saturated rings. The molecule has 0 saturated carbocycles. The predicted octanol–water partition coefficient (Wildman–Crippen LogP) is 4.04. The Balaban J connectivity index is 1.93. The summed E-state index contributed by atoms with van der Waals surface area (Å²) in [6.45, 7) is 0.0435. The van der Waals surface area contributed by atoms with Crippen LogP contribution in [-0.2, 0) is 17.5 Å². The molecule has 0 heterocycles. The first kappa shape index (κ1) is 15.8. The summed E-state index contributed by atoms with van der Waals surface area (Å²) in [5.41, 5.74) is 0.548. The van der Waals surface area contributed by atoms with E-state index >= 15 is 0 Å². The molecule has 2 rings (SSSR count). The highest BCUT2D eigenvalue weighted by Crippen LogP contribution is 2.29. The normalized spacial score (nSPS) is 11.6. The Bertz CT molecular complexity index is 663. The Labute approximate surface area is 126 Å². The highest BCUT2D eigenvalue weighted by Gasteiger charge is 2.30. The summed E-state index contributed by atoms with van der Waals surface area (Å²) in [6, 6.07) is 14.1. The van der Waals surface area contributed by atoms with Crippen LogP contribution >= 0.6 is 0 Å². The average Bonchev–Trinajstić information content (AvgIpc) is 2.51. The molecule has 2 aromatic carbocycles. The zero-order valence-electron chi connectivity index (χ0n) is 11.6. The number of hydrogen-bond donors (Lipinski definition) is 1. The van der Waals surface area contributed by atoms with Crippen molar-refractivity contribution in [3.8, 4) is 0 Å². The first-order chi connectivity index (χ1) is 10.4. The first-order valence-corrected chi connectivity index (χ1v) is 6.62. The number of rotatable bonds is 4. The molecule has 0 radical (unpaired) electrons. The van der Waals surface area contributed by atoms with Gasteiger partial charge >= 0.3 is 6.18 Å². The van der Waals surface area contributed by atoms with Crippen molar-refractivity contribution in [2.75, 3.05) is 0 Å². The number of amides is 1. The minimum absolute atomic E-state index is 0.0435. The molecular formula is C17H14F3NO. The molecule has 0 spiro atoms. The largest absolute Gasteiger partial charge is 0.416 e. The zero-order chi connectivity index (χ0) is 16.0. The summed E-state index contributed by atoms with van der Waals surface area (Å²) in [7, 11) is 0. The van der Waals surface area contributed by atoms with Gasteiger partial charge in [0, 0.05) is 12.6 Å². The Hall–Kier alpha value is -2.56. The van der Waals surface area contributed by atoms with Gasteiger partial charge in [-0.05, 0) is 29.3 Å². The van der Waals surface area contributed by atoms with E-state index in [2.05, 4.69) is 5.32 Å². The molecular weight excluding hydrogens is 291 g/mol. The van der Waals surface area contributed by atoms with Crippen molar-refractivity contribution >= 4 is 12.0 Å². The van der Waals surface area contributed by atoms with Gasteiger partial charge in [0.05, 0.1) is 5.56 Å². The molecule has 0 saturated heterocycles. The van der Waals surface area contributed by atoms with Gasteiger partial charge in [-0.1, -0.05) is 42.5 Å². The minimum Gasteiger partial charge on any atom is -0.348 e. The highest BCUT2D eigenvalue weighted by atomic mass is 19.4. The number of halogens is 3.